The van der Waals surface area contributed by atoms with Crippen LogP contribution in [0.25, 0.3) is 0 Å². The summed E-state index contributed by atoms with van der Waals surface area (Å²) in [6, 6.07) is 6.45. The number of carbonyl (C=O) groups excluding carboxylic acids is 1. The van der Waals surface area contributed by atoms with Gasteiger partial charge < -0.3 is 10.4 Å². The zero-order valence-electron chi connectivity index (χ0n) is 12.9. The SMILES string of the molecule is O=C(NC[C@H]1CCC[C@H]1O)C1(c2cccc(F)c2)CCCC1. The summed E-state index contributed by atoms with van der Waals surface area (Å²) in [5, 5.41) is 12.9. The van der Waals surface area contributed by atoms with Gasteiger partial charge in [0.1, 0.15) is 5.82 Å². The maximum Gasteiger partial charge on any atom is 0.230 e. The van der Waals surface area contributed by atoms with Crippen molar-refractivity contribution in [1.82, 2.24) is 5.32 Å². The van der Waals surface area contributed by atoms with Gasteiger partial charge in [-0.2, -0.15) is 0 Å². The first kappa shape index (κ1) is 15.5. The number of carbonyl (C=O) groups is 1. The Morgan fingerprint density at radius 1 is 1.27 bits per heavy atom. The van der Waals surface area contributed by atoms with Crippen LogP contribution < -0.4 is 5.32 Å². The minimum absolute atomic E-state index is 0.00491. The summed E-state index contributed by atoms with van der Waals surface area (Å²) >= 11 is 0. The van der Waals surface area contributed by atoms with E-state index in [1.54, 1.807) is 6.07 Å². The third-order valence-corrected chi connectivity index (χ3v) is 5.41. The van der Waals surface area contributed by atoms with Crippen molar-refractivity contribution in [2.24, 2.45) is 5.92 Å². The maximum atomic E-state index is 13.6. The molecule has 0 bridgehead atoms. The van der Waals surface area contributed by atoms with E-state index < -0.39 is 5.41 Å². The van der Waals surface area contributed by atoms with Crippen molar-refractivity contribution < 1.29 is 14.3 Å². The van der Waals surface area contributed by atoms with Crippen LogP contribution in [0.2, 0.25) is 0 Å². The summed E-state index contributed by atoms with van der Waals surface area (Å²) in [5.41, 5.74) is 0.195. The third-order valence-electron chi connectivity index (χ3n) is 5.41. The van der Waals surface area contributed by atoms with Gasteiger partial charge >= 0.3 is 0 Å². The topological polar surface area (TPSA) is 49.3 Å². The van der Waals surface area contributed by atoms with Crippen molar-refractivity contribution >= 4 is 5.91 Å². The molecule has 4 heteroatoms. The molecular formula is C18H24FNO2. The van der Waals surface area contributed by atoms with E-state index in [4.69, 9.17) is 0 Å². The van der Waals surface area contributed by atoms with E-state index in [1.807, 2.05) is 6.07 Å². The molecule has 3 rings (SSSR count). The van der Waals surface area contributed by atoms with Crippen LogP contribution in [0.1, 0.15) is 50.5 Å². The lowest BCUT2D eigenvalue weighted by Gasteiger charge is -2.29. The molecule has 2 saturated carbocycles. The van der Waals surface area contributed by atoms with Crippen LogP contribution in [0.5, 0.6) is 0 Å². The number of rotatable bonds is 4. The number of hydrogen-bond donors (Lipinski definition) is 2. The summed E-state index contributed by atoms with van der Waals surface area (Å²) < 4.78 is 13.6. The normalized spacial score (nSPS) is 27.0. The molecule has 120 valence electrons. The molecule has 0 heterocycles. The molecule has 2 N–H and O–H groups in total. The van der Waals surface area contributed by atoms with Crippen LogP contribution in [0.15, 0.2) is 24.3 Å². The van der Waals surface area contributed by atoms with Gasteiger partial charge in [0, 0.05) is 12.5 Å². The average Bonchev–Trinajstić information content (AvgIpc) is 3.15. The van der Waals surface area contributed by atoms with Gasteiger partial charge in [-0.15, -0.1) is 0 Å². The van der Waals surface area contributed by atoms with Crippen LogP contribution in [0.3, 0.4) is 0 Å². The molecule has 1 aromatic carbocycles. The summed E-state index contributed by atoms with van der Waals surface area (Å²) in [7, 11) is 0. The number of amides is 1. The Bertz CT molecular complexity index is 540. The van der Waals surface area contributed by atoms with Crippen LogP contribution >= 0.6 is 0 Å². The van der Waals surface area contributed by atoms with Crippen LogP contribution in [-0.2, 0) is 10.2 Å². The van der Waals surface area contributed by atoms with Crippen LogP contribution in [0, 0.1) is 11.7 Å². The number of aliphatic hydroxyl groups excluding tert-OH is 1. The lowest BCUT2D eigenvalue weighted by atomic mass is 9.78. The van der Waals surface area contributed by atoms with Crippen molar-refractivity contribution in [2.75, 3.05) is 6.54 Å². The minimum Gasteiger partial charge on any atom is -0.393 e. The van der Waals surface area contributed by atoms with Gasteiger partial charge in [-0.05, 0) is 43.4 Å². The molecular weight excluding hydrogens is 281 g/mol. The molecule has 2 aliphatic rings. The smallest absolute Gasteiger partial charge is 0.230 e. The highest BCUT2D eigenvalue weighted by Gasteiger charge is 2.43. The summed E-state index contributed by atoms with van der Waals surface area (Å²) in [5.74, 6) is -0.132. The minimum atomic E-state index is -0.592. The summed E-state index contributed by atoms with van der Waals surface area (Å²) in [6.45, 7) is 0.525. The van der Waals surface area contributed by atoms with E-state index in [1.165, 1.54) is 12.1 Å². The first-order valence-electron chi connectivity index (χ1n) is 8.34. The van der Waals surface area contributed by atoms with E-state index in [-0.39, 0.29) is 23.7 Å². The second-order valence-electron chi connectivity index (χ2n) is 6.77. The van der Waals surface area contributed by atoms with Crippen molar-refractivity contribution in [3.63, 3.8) is 0 Å². The molecule has 1 amide bonds. The molecule has 22 heavy (non-hydrogen) atoms. The molecule has 2 fully saturated rings. The number of nitrogens with one attached hydrogen (secondary N) is 1. The van der Waals surface area contributed by atoms with E-state index in [2.05, 4.69) is 5.32 Å². The fourth-order valence-electron chi connectivity index (χ4n) is 4.06. The number of hydrogen-bond acceptors (Lipinski definition) is 2. The van der Waals surface area contributed by atoms with Crippen molar-refractivity contribution in [3.8, 4) is 0 Å². The van der Waals surface area contributed by atoms with Gasteiger partial charge in [-0.25, -0.2) is 4.39 Å². The predicted octanol–water partition coefficient (Wildman–Crippen LogP) is 2.91. The van der Waals surface area contributed by atoms with Gasteiger partial charge in [0.05, 0.1) is 11.5 Å². The Labute approximate surface area is 130 Å². The van der Waals surface area contributed by atoms with Crippen molar-refractivity contribution in [2.45, 2.75) is 56.5 Å². The summed E-state index contributed by atoms with van der Waals surface area (Å²) in [4.78, 5) is 12.8. The number of halogens is 1. The molecule has 3 nitrogen and oxygen atoms in total. The van der Waals surface area contributed by atoms with E-state index in [9.17, 15) is 14.3 Å². The average molecular weight is 305 g/mol. The van der Waals surface area contributed by atoms with E-state index >= 15 is 0 Å². The molecule has 0 aromatic heterocycles. The molecule has 2 atom stereocenters. The van der Waals surface area contributed by atoms with Gasteiger partial charge in [0.2, 0.25) is 5.91 Å². The zero-order chi connectivity index (χ0) is 15.6. The Morgan fingerprint density at radius 3 is 2.68 bits per heavy atom. The van der Waals surface area contributed by atoms with E-state index in [0.717, 1.165) is 50.5 Å². The largest absolute Gasteiger partial charge is 0.393 e. The van der Waals surface area contributed by atoms with Gasteiger partial charge in [-0.3, -0.25) is 4.79 Å². The molecule has 0 spiro atoms. The standard InChI is InChI=1S/C18H24FNO2/c19-15-7-4-6-14(11-15)18(9-1-2-10-18)17(22)20-12-13-5-3-8-16(13)21/h4,6-7,11,13,16,21H,1-3,5,8-10,12H2,(H,20,22)/t13-,16-/m1/s1. The maximum absolute atomic E-state index is 13.6. The molecule has 0 radical (unpaired) electrons. The summed E-state index contributed by atoms with van der Waals surface area (Å²) in [6.07, 6.45) is 6.06. The van der Waals surface area contributed by atoms with Crippen LogP contribution in [0.4, 0.5) is 4.39 Å². The number of benzene rings is 1. The second-order valence-corrected chi connectivity index (χ2v) is 6.77. The second kappa shape index (κ2) is 6.37. The van der Waals surface area contributed by atoms with Gasteiger partial charge in [0.15, 0.2) is 0 Å². The highest BCUT2D eigenvalue weighted by molar-refractivity contribution is 5.88. The Kier molecular flexibility index (Phi) is 4.48. The lowest BCUT2D eigenvalue weighted by Crippen LogP contribution is -2.45. The Balaban J connectivity index is 1.74. The molecule has 0 saturated heterocycles. The zero-order valence-corrected chi connectivity index (χ0v) is 12.9. The van der Waals surface area contributed by atoms with E-state index in [0.29, 0.717) is 6.54 Å². The van der Waals surface area contributed by atoms with Crippen LogP contribution in [-0.4, -0.2) is 23.7 Å². The highest BCUT2D eigenvalue weighted by Crippen LogP contribution is 2.41. The van der Waals surface area contributed by atoms with Gasteiger partial charge in [0.25, 0.3) is 0 Å². The molecule has 2 aliphatic carbocycles. The highest BCUT2D eigenvalue weighted by atomic mass is 19.1. The Morgan fingerprint density at radius 2 is 2.05 bits per heavy atom. The monoisotopic (exact) mass is 305 g/mol. The molecule has 0 aliphatic heterocycles. The fourth-order valence-corrected chi connectivity index (χ4v) is 4.06. The van der Waals surface area contributed by atoms with Gasteiger partial charge in [-0.1, -0.05) is 31.4 Å². The lowest BCUT2D eigenvalue weighted by molar-refractivity contribution is -0.127. The van der Waals surface area contributed by atoms with Crippen molar-refractivity contribution in [1.29, 1.82) is 0 Å². The number of aliphatic hydroxyl groups is 1. The molecule has 0 unspecified atom stereocenters. The predicted molar refractivity (Wildman–Crippen MR) is 82.9 cm³/mol. The molecule has 1 aromatic rings. The fraction of sp³-hybridized carbons (Fsp3) is 0.611. The first-order chi connectivity index (χ1) is 10.6. The first-order valence-corrected chi connectivity index (χ1v) is 8.34. The van der Waals surface area contributed by atoms with Crippen molar-refractivity contribution in [3.05, 3.63) is 35.6 Å². The quantitative estimate of drug-likeness (QED) is 0.898. The Hall–Kier alpha value is -1.42. The third kappa shape index (κ3) is 2.89.